The maximum absolute atomic E-state index is 12.9. The van der Waals surface area contributed by atoms with E-state index in [0.29, 0.717) is 6.61 Å². The van der Waals surface area contributed by atoms with E-state index in [-0.39, 0.29) is 11.9 Å². The molecule has 3 rings (SSSR count). The third kappa shape index (κ3) is 3.02. The van der Waals surface area contributed by atoms with Gasteiger partial charge in [0.15, 0.2) is 0 Å². The van der Waals surface area contributed by atoms with Crippen LogP contribution in [0, 0.1) is 0 Å². The Hall–Kier alpha value is -2.20. The minimum atomic E-state index is 0.0947. The molecule has 22 heavy (non-hydrogen) atoms. The fourth-order valence-corrected chi connectivity index (χ4v) is 3.07. The van der Waals surface area contributed by atoms with Gasteiger partial charge in [-0.3, -0.25) is 9.78 Å². The van der Waals surface area contributed by atoms with Crippen LogP contribution in [0.5, 0.6) is 0 Å². The number of pyridine rings is 1. The van der Waals surface area contributed by atoms with Crippen LogP contribution in [-0.2, 0) is 11.3 Å². The molecule has 4 heteroatoms. The van der Waals surface area contributed by atoms with Crippen LogP contribution >= 0.6 is 0 Å². The SMILES string of the molecule is COCc1cccc(C(=O)N2CCCC2c2ccncc2)c1. The third-order valence-corrected chi connectivity index (χ3v) is 4.09. The van der Waals surface area contributed by atoms with Crippen molar-refractivity contribution in [2.45, 2.75) is 25.5 Å². The van der Waals surface area contributed by atoms with Crippen LogP contribution in [0.15, 0.2) is 48.8 Å². The summed E-state index contributed by atoms with van der Waals surface area (Å²) < 4.78 is 5.15. The molecular formula is C18H20N2O2. The van der Waals surface area contributed by atoms with E-state index in [9.17, 15) is 4.79 Å². The zero-order valence-electron chi connectivity index (χ0n) is 12.7. The molecule has 1 saturated heterocycles. The van der Waals surface area contributed by atoms with Crippen LogP contribution < -0.4 is 0 Å². The second-order valence-electron chi connectivity index (χ2n) is 5.57. The van der Waals surface area contributed by atoms with E-state index in [1.165, 1.54) is 0 Å². The van der Waals surface area contributed by atoms with Gasteiger partial charge in [0.25, 0.3) is 5.91 Å². The summed E-state index contributed by atoms with van der Waals surface area (Å²) in [5, 5.41) is 0. The summed E-state index contributed by atoms with van der Waals surface area (Å²) in [5.74, 6) is 0.0947. The lowest BCUT2D eigenvalue weighted by Crippen LogP contribution is -2.30. The molecule has 1 aliphatic heterocycles. The zero-order chi connectivity index (χ0) is 15.4. The molecule has 1 atom stereocenters. The van der Waals surface area contributed by atoms with Crippen LogP contribution in [0.2, 0.25) is 0 Å². The van der Waals surface area contributed by atoms with Crippen LogP contribution in [0.4, 0.5) is 0 Å². The van der Waals surface area contributed by atoms with Gasteiger partial charge >= 0.3 is 0 Å². The van der Waals surface area contributed by atoms with Gasteiger partial charge in [0.1, 0.15) is 0 Å². The van der Waals surface area contributed by atoms with Crippen molar-refractivity contribution < 1.29 is 9.53 Å². The molecule has 4 nitrogen and oxygen atoms in total. The highest BCUT2D eigenvalue weighted by molar-refractivity contribution is 5.94. The first-order valence-electron chi connectivity index (χ1n) is 7.58. The molecule has 1 amide bonds. The Morgan fingerprint density at radius 2 is 2.14 bits per heavy atom. The molecule has 1 aliphatic rings. The van der Waals surface area contributed by atoms with E-state index in [2.05, 4.69) is 4.98 Å². The lowest BCUT2D eigenvalue weighted by atomic mass is 10.0. The first kappa shape index (κ1) is 14.7. The lowest BCUT2D eigenvalue weighted by Gasteiger charge is -2.25. The molecule has 1 unspecified atom stereocenters. The van der Waals surface area contributed by atoms with E-state index in [1.54, 1.807) is 19.5 Å². The molecule has 0 saturated carbocycles. The predicted molar refractivity (Wildman–Crippen MR) is 84.4 cm³/mol. The van der Waals surface area contributed by atoms with Gasteiger partial charge in [-0.2, -0.15) is 0 Å². The summed E-state index contributed by atoms with van der Waals surface area (Å²) in [6.07, 6.45) is 5.62. The molecule has 1 fully saturated rings. The van der Waals surface area contributed by atoms with Gasteiger partial charge in [-0.25, -0.2) is 0 Å². The van der Waals surface area contributed by atoms with E-state index in [4.69, 9.17) is 4.74 Å². The summed E-state index contributed by atoms with van der Waals surface area (Å²) in [7, 11) is 1.66. The number of methoxy groups -OCH3 is 1. The minimum Gasteiger partial charge on any atom is -0.380 e. The van der Waals surface area contributed by atoms with E-state index < -0.39 is 0 Å². The van der Waals surface area contributed by atoms with Crippen molar-refractivity contribution in [2.75, 3.05) is 13.7 Å². The molecule has 0 radical (unpaired) electrons. The Labute approximate surface area is 130 Å². The van der Waals surface area contributed by atoms with Gasteiger partial charge in [0.2, 0.25) is 0 Å². The highest BCUT2D eigenvalue weighted by Crippen LogP contribution is 2.32. The number of nitrogens with zero attached hydrogens (tertiary/aromatic N) is 2. The second-order valence-corrected chi connectivity index (χ2v) is 5.57. The topological polar surface area (TPSA) is 42.4 Å². The number of benzene rings is 1. The van der Waals surface area contributed by atoms with Crippen LogP contribution in [0.25, 0.3) is 0 Å². The van der Waals surface area contributed by atoms with E-state index in [1.807, 2.05) is 41.3 Å². The van der Waals surface area contributed by atoms with Crippen LogP contribution in [0.1, 0.15) is 40.4 Å². The number of carbonyl (C=O) groups is 1. The number of aromatic nitrogens is 1. The number of carbonyl (C=O) groups excluding carboxylic acids is 1. The van der Waals surface area contributed by atoms with Crippen molar-refractivity contribution >= 4 is 5.91 Å². The Morgan fingerprint density at radius 1 is 1.32 bits per heavy atom. The smallest absolute Gasteiger partial charge is 0.254 e. The molecular weight excluding hydrogens is 276 g/mol. The van der Waals surface area contributed by atoms with Gasteiger partial charge in [-0.05, 0) is 48.2 Å². The molecule has 2 aromatic rings. The maximum atomic E-state index is 12.9. The predicted octanol–water partition coefficient (Wildman–Crippen LogP) is 3.21. The van der Waals surface area contributed by atoms with Crippen LogP contribution in [-0.4, -0.2) is 29.4 Å². The highest BCUT2D eigenvalue weighted by atomic mass is 16.5. The van der Waals surface area contributed by atoms with Gasteiger partial charge in [-0.15, -0.1) is 0 Å². The molecule has 1 aromatic heterocycles. The Balaban J connectivity index is 1.83. The summed E-state index contributed by atoms with van der Waals surface area (Å²) in [6.45, 7) is 1.33. The fourth-order valence-electron chi connectivity index (χ4n) is 3.07. The number of ether oxygens (including phenoxy) is 1. The second kappa shape index (κ2) is 6.71. The normalized spacial score (nSPS) is 17.7. The third-order valence-electron chi connectivity index (χ3n) is 4.09. The Bertz CT molecular complexity index is 643. The summed E-state index contributed by atoms with van der Waals surface area (Å²) in [4.78, 5) is 18.9. The van der Waals surface area contributed by atoms with E-state index in [0.717, 1.165) is 36.1 Å². The van der Waals surface area contributed by atoms with Gasteiger partial charge in [0, 0.05) is 31.6 Å². The van der Waals surface area contributed by atoms with Gasteiger partial charge in [0.05, 0.1) is 12.6 Å². The van der Waals surface area contributed by atoms with E-state index >= 15 is 0 Å². The monoisotopic (exact) mass is 296 g/mol. The first-order valence-corrected chi connectivity index (χ1v) is 7.58. The lowest BCUT2D eigenvalue weighted by molar-refractivity contribution is 0.0735. The quantitative estimate of drug-likeness (QED) is 0.870. The summed E-state index contributed by atoms with van der Waals surface area (Å²) >= 11 is 0. The van der Waals surface area contributed by atoms with Gasteiger partial charge < -0.3 is 9.64 Å². The van der Waals surface area contributed by atoms with Crippen molar-refractivity contribution in [1.29, 1.82) is 0 Å². The first-order chi connectivity index (χ1) is 10.8. The molecule has 0 bridgehead atoms. The van der Waals surface area contributed by atoms with Crippen molar-refractivity contribution in [1.82, 2.24) is 9.88 Å². The number of likely N-dealkylation sites (tertiary alicyclic amines) is 1. The average Bonchev–Trinajstić information content (AvgIpc) is 3.05. The molecule has 1 aromatic carbocycles. The number of hydrogen-bond acceptors (Lipinski definition) is 3. The molecule has 114 valence electrons. The van der Waals surface area contributed by atoms with Crippen molar-refractivity contribution in [3.05, 3.63) is 65.5 Å². The maximum Gasteiger partial charge on any atom is 0.254 e. The Morgan fingerprint density at radius 3 is 2.91 bits per heavy atom. The van der Waals surface area contributed by atoms with Crippen LogP contribution in [0.3, 0.4) is 0 Å². The Kier molecular flexibility index (Phi) is 4.49. The zero-order valence-corrected chi connectivity index (χ0v) is 12.7. The average molecular weight is 296 g/mol. The summed E-state index contributed by atoms with van der Waals surface area (Å²) in [5.41, 5.74) is 2.91. The summed E-state index contributed by atoms with van der Waals surface area (Å²) in [6, 6.07) is 11.8. The minimum absolute atomic E-state index is 0.0947. The molecule has 2 heterocycles. The largest absolute Gasteiger partial charge is 0.380 e. The molecule has 0 spiro atoms. The molecule has 0 aliphatic carbocycles. The standard InChI is InChI=1S/C18H20N2O2/c1-22-13-14-4-2-5-16(12-14)18(21)20-11-3-6-17(20)15-7-9-19-10-8-15/h2,4-5,7-10,12,17H,3,6,11,13H2,1H3. The van der Waals surface area contributed by atoms with Crippen molar-refractivity contribution in [3.63, 3.8) is 0 Å². The highest BCUT2D eigenvalue weighted by Gasteiger charge is 2.30. The van der Waals surface area contributed by atoms with Crippen molar-refractivity contribution in [3.8, 4) is 0 Å². The number of hydrogen-bond donors (Lipinski definition) is 0. The van der Waals surface area contributed by atoms with Gasteiger partial charge in [-0.1, -0.05) is 12.1 Å². The van der Waals surface area contributed by atoms with Crippen molar-refractivity contribution in [2.24, 2.45) is 0 Å². The number of amides is 1. The number of rotatable bonds is 4. The fraction of sp³-hybridized carbons (Fsp3) is 0.333. The molecule has 0 N–H and O–H groups in total.